The third-order valence-corrected chi connectivity index (χ3v) is 6.81. The number of halogens is 3. The highest BCUT2D eigenvalue weighted by molar-refractivity contribution is 7.89. The second-order valence-electron chi connectivity index (χ2n) is 7.01. The Kier molecular flexibility index (Phi) is 8.93. The second-order valence-corrected chi connectivity index (χ2v) is 9.32. The fourth-order valence-electron chi connectivity index (χ4n) is 2.77. The summed E-state index contributed by atoms with van der Waals surface area (Å²) >= 11 is 5.70. The predicted molar refractivity (Wildman–Crippen MR) is 116 cm³/mol. The van der Waals surface area contributed by atoms with Crippen LogP contribution >= 0.6 is 11.6 Å². The number of nitrogens with one attached hydrogen (secondary N) is 1. The van der Waals surface area contributed by atoms with E-state index in [4.69, 9.17) is 11.6 Å². The van der Waals surface area contributed by atoms with Crippen LogP contribution in [0.3, 0.4) is 0 Å². The van der Waals surface area contributed by atoms with Crippen molar-refractivity contribution >= 4 is 33.2 Å². The van der Waals surface area contributed by atoms with Gasteiger partial charge in [-0.15, -0.1) is 0 Å². The van der Waals surface area contributed by atoms with Crippen molar-refractivity contribution < 1.29 is 27.1 Å². The quantitative estimate of drug-likeness (QED) is 0.533. The van der Waals surface area contributed by atoms with Gasteiger partial charge in [0.15, 0.2) is 0 Å². The first kappa shape index (κ1) is 25.2. The monoisotopic (exact) mass is 474 g/mol. The van der Waals surface area contributed by atoms with Gasteiger partial charge in [-0.1, -0.05) is 31.9 Å². The van der Waals surface area contributed by atoms with Gasteiger partial charge in [0.1, 0.15) is 16.5 Å². The van der Waals surface area contributed by atoms with Crippen molar-refractivity contribution in [2.24, 2.45) is 0 Å². The fraction of sp³-hybridized carbons (Fsp3) is 0.381. The Bertz CT molecular complexity index is 1030. The van der Waals surface area contributed by atoms with E-state index in [9.17, 15) is 27.1 Å². The molecule has 0 aromatic heterocycles. The number of nitrogens with zero attached hydrogens (tertiary/aromatic N) is 1. The molecule has 0 saturated heterocycles. The van der Waals surface area contributed by atoms with Crippen molar-refractivity contribution in [1.82, 2.24) is 4.31 Å². The maximum absolute atomic E-state index is 14.5. The van der Waals surface area contributed by atoms with Crippen LogP contribution in [0.4, 0.5) is 14.5 Å². The Hall–Kier alpha value is -2.07. The highest BCUT2D eigenvalue weighted by atomic mass is 35.5. The number of hydrogen-bond donors (Lipinski definition) is 2. The zero-order valence-corrected chi connectivity index (χ0v) is 18.8. The van der Waals surface area contributed by atoms with Gasteiger partial charge in [-0.05, 0) is 49.2 Å². The summed E-state index contributed by atoms with van der Waals surface area (Å²) in [5.41, 5.74) is 0.0904. The number of hydrogen-bond acceptors (Lipinski definition) is 4. The number of aliphatic hydroxyl groups is 1. The first-order valence-electron chi connectivity index (χ1n) is 9.84. The molecular weight excluding hydrogens is 450 g/mol. The van der Waals surface area contributed by atoms with Gasteiger partial charge >= 0.3 is 0 Å². The molecule has 2 N–H and O–H groups in total. The molecule has 0 aliphatic heterocycles. The van der Waals surface area contributed by atoms with Crippen LogP contribution in [0.5, 0.6) is 0 Å². The Morgan fingerprint density at radius 1 is 1.16 bits per heavy atom. The molecule has 0 heterocycles. The number of unbranched alkanes of at least 4 members (excludes halogenated alkanes) is 1. The Morgan fingerprint density at radius 3 is 2.45 bits per heavy atom. The van der Waals surface area contributed by atoms with Gasteiger partial charge < -0.3 is 10.4 Å². The molecule has 0 bridgehead atoms. The Morgan fingerprint density at radius 2 is 1.84 bits per heavy atom. The van der Waals surface area contributed by atoms with Crippen molar-refractivity contribution in [1.29, 1.82) is 0 Å². The van der Waals surface area contributed by atoms with Gasteiger partial charge in [0.2, 0.25) is 10.0 Å². The molecule has 0 spiro atoms. The smallest absolute Gasteiger partial charge is 0.255 e. The fourth-order valence-corrected chi connectivity index (χ4v) is 4.55. The summed E-state index contributed by atoms with van der Waals surface area (Å²) in [6.07, 6.45) is 0.676. The molecule has 0 aliphatic rings. The Balaban J connectivity index is 2.36. The number of amides is 1. The van der Waals surface area contributed by atoms with Crippen molar-refractivity contribution in [3.8, 4) is 0 Å². The van der Waals surface area contributed by atoms with Crippen LogP contribution < -0.4 is 5.32 Å². The first-order valence-corrected chi connectivity index (χ1v) is 11.7. The topological polar surface area (TPSA) is 86.7 Å². The molecule has 2 aromatic carbocycles. The summed E-state index contributed by atoms with van der Waals surface area (Å²) in [6, 6.07) is 6.55. The van der Waals surface area contributed by atoms with Crippen LogP contribution in [0.1, 0.15) is 43.5 Å². The minimum absolute atomic E-state index is 0.105. The van der Waals surface area contributed by atoms with Crippen LogP contribution in [0, 0.1) is 11.6 Å². The van der Waals surface area contributed by atoms with E-state index in [1.165, 1.54) is 12.1 Å². The molecule has 1 amide bonds. The molecule has 31 heavy (non-hydrogen) atoms. The lowest BCUT2D eigenvalue weighted by atomic mass is 10.2. The number of benzene rings is 2. The van der Waals surface area contributed by atoms with Crippen LogP contribution in [-0.4, -0.2) is 42.9 Å². The standard InChI is InChI=1S/C21H25ClF2N2O4S/c1-3-5-10-26(13-16(27)4-2)31(29,30)20-11-14(6-8-19(20)24)21(28)25-15-7-9-18(23)17(22)12-15/h6-9,11-12,16,27H,3-5,10,13H2,1-2H3,(H,25,28). The number of sulfonamides is 1. The van der Waals surface area contributed by atoms with E-state index in [1.54, 1.807) is 6.92 Å². The third kappa shape index (κ3) is 6.46. The van der Waals surface area contributed by atoms with Gasteiger partial charge in [0, 0.05) is 24.3 Å². The van der Waals surface area contributed by atoms with E-state index >= 15 is 0 Å². The molecule has 2 rings (SSSR count). The van der Waals surface area contributed by atoms with Gasteiger partial charge in [-0.3, -0.25) is 4.79 Å². The highest BCUT2D eigenvalue weighted by Crippen LogP contribution is 2.24. The van der Waals surface area contributed by atoms with E-state index in [0.29, 0.717) is 19.3 Å². The highest BCUT2D eigenvalue weighted by Gasteiger charge is 2.29. The first-order chi connectivity index (χ1) is 14.6. The summed E-state index contributed by atoms with van der Waals surface area (Å²) in [4.78, 5) is 11.9. The lowest BCUT2D eigenvalue weighted by Crippen LogP contribution is -2.38. The largest absolute Gasteiger partial charge is 0.392 e. The molecular formula is C21H25ClF2N2O4S. The molecule has 1 atom stereocenters. The van der Waals surface area contributed by atoms with Gasteiger partial charge in [-0.2, -0.15) is 4.31 Å². The summed E-state index contributed by atoms with van der Waals surface area (Å²) in [5.74, 6) is -2.38. The van der Waals surface area contributed by atoms with Crippen molar-refractivity contribution in [2.45, 2.75) is 44.1 Å². The Labute approximate surface area is 185 Å². The SMILES string of the molecule is CCCCN(CC(O)CC)S(=O)(=O)c1cc(C(=O)Nc2ccc(F)c(Cl)c2)ccc1F. The minimum Gasteiger partial charge on any atom is -0.392 e. The summed E-state index contributed by atoms with van der Waals surface area (Å²) in [5, 5.41) is 12.2. The minimum atomic E-state index is -4.30. The van der Waals surface area contributed by atoms with E-state index in [0.717, 1.165) is 28.6 Å². The number of anilines is 1. The third-order valence-electron chi connectivity index (χ3n) is 4.64. The normalized spacial score (nSPS) is 12.7. The van der Waals surface area contributed by atoms with Crippen LogP contribution in [0.25, 0.3) is 0 Å². The molecule has 0 aliphatic carbocycles. The number of carbonyl (C=O) groups excluding carboxylic acids is 1. The molecule has 0 fully saturated rings. The lowest BCUT2D eigenvalue weighted by molar-refractivity contribution is 0.102. The summed E-state index contributed by atoms with van der Waals surface area (Å²) < 4.78 is 55.0. The van der Waals surface area contributed by atoms with Gasteiger partial charge in [0.05, 0.1) is 11.1 Å². The number of carbonyl (C=O) groups is 1. The van der Waals surface area contributed by atoms with Crippen LogP contribution in [0.2, 0.25) is 5.02 Å². The van der Waals surface area contributed by atoms with E-state index in [-0.39, 0.29) is 29.4 Å². The zero-order chi connectivity index (χ0) is 23.2. The molecule has 0 saturated carbocycles. The number of rotatable bonds is 10. The molecule has 1 unspecified atom stereocenters. The lowest BCUT2D eigenvalue weighted by Gasteiger charge is -2.24. The van der Waals surface area contributed by atoms with Gasteiger partial charge in [-0.25, -0.2) is 17.2 Å². The van der Waals surface area contributed by atoms with E-state index in [1.807, 2.05) is 6.92 Å². The van der Waals surface area contributed by atoms with E-state index in [2.05, 4.69) is 5.32 Å². The molecule has 0 radical (unpaired) electrons. The maximum Gasteiger partial charge on any atom is 0.255 e. The maximum atomic E-state index is 14.5. The van der Waals surface area contributed by atoms with Crippen LogP contribution in [0.15, 0.2) is 41.3 Å². The molecule has 2 aromatic rings. The predicted octanol–water partition coefficient (Wildman–Crippen LogP) is 4.43. The summed E-state index contributed by atoms with van der Waals surface area (Å²) in [7, 11) is -4.30. The van der Waals surface area contributed by atoms with Crippen LogP contribution in [-0.2, 0) is 10.0 Å². The van der Waals surface area contributed by atoms with Gasteiger partial charge in [0.25, 0.3) is 5.91 Å². The zero-order valence-electron chi connectivity index (χ0n) is 17.2. The number of aliphatic hydroxyl groups excluding tert-OH is 1. The average molecular weight is 475 g/mol. The molecule has 10 heteroatoms. The van der Waals surface area contributed by atoms with Crippen molar-refractivity contribution in [2.75, 3.05) is 18.4 Å². The average Bonchev–Trinajstić information content (AvgIpc) is 2.73. The van der Waals surface area contributed by atoms with Crippen molar-refractivity contribution in [3.05, 3.63) is 58.6 Å². The molecule has 170 valence electrons. The van der Waals surface area contributed by atoms with E-state index < -0.39 is 38.6 Å². The van der Waals surface area contributed by atoms with Crippen molar-refractivity contribution in [3.63, 3.8) is 0 Å². The second kappa shape index (κ2) is 11.0. The summed E-state index contributed by atoms with van der Waals surface area (Å²) in [6.45, 7) is 3.53. The molecule has 6 nitrogen and oxygen atoms in total.